The van der Waals surface area contributed by atoms with Crippen LogP contribution in [0.4, 0.5) is 0 Å². The van der Waals surface area contributed by atoms with Crippen molar-refractivity contribution in [3.8, 4) is 0 Å². The van der Waals surface area contributed by atoms with Gasteiger partial charge in [0.2, 0.25) is 11.8 Å². The van der Waals surface area contributed by atoms with E-state index in [4.69, 9.17) is 4.74 Å². The normalized spacial score (nSPS) is 40.0. The summed E-state index contributed by atoms with van der Waals surface area (Å²) < 4.78 is 5.78. The molecule has 4 rings (SSSR count). The SMILES string of the molecule is CNC(=O)C1CCC(NC2CC(NC3CCCC4CCN(C(C)=O)C43)CCN2)C(OC)C1. The average Bonchev–Trinajstić information content (AvgIpc) is 3.25. The van der Waals surface area contributed by atoms with Crippen LogP contribution < -0.4 is 21.3 Å². The van der Waals surface area contributed by atoms with Gasteiger partial charge in [-0.1, -0.05) is 6.42 Å². The quantitative estimate of drug-likeness (QED) is 0.483. The van der Waals surface area contributed by atoms with Gasteiger partial charge in [-0.25, -0.2) is 0 Å². The number of hydrogen-bond acceptors (Lipinski definition) is 6. The Bertz CT molecular complexity index is 662. The minimum Gasteiger partial charge on any atom is -0.380 e. The highest BCUT2D eigenvalue weighted by Crippen LogP contribution is 2.37. The fourth-order valence-electron chi connectivity index (χ4n) is 6.84. The number of hydrogen-bond donors (Lipinski definition) is 4. The van der Waals surface area contributed by atoms with Crippen LogP contribution in [0.5, 0.6) is 0 Å². The van der Waals surface area contributed by atoms with Gasteiger partial charge in [-0.3, -0.25) is 14.9 Å². The molecular formula is C24H43N5O3. The smallest absolute Gasteiger partial charge is 0.222 e. The monoisotopic (exact) mass is 449 g/mol. The second-order valence-corrected chi connectivity index (χ2v) is 10.4. The van der Waals surface area contributed by atoms with Crippen molar-refractivity contribution in [3.63, 3.8) is 0 Å². The standard InChI is InChI=1S/C24H43N5O3/c1-15(30)29-12-10-16-5-4-6-20(23(16)29)27-18-9-11-26-22(14-18)28-19-8-7-17(24(31)25-2)13-21(19)32-3/h16-23,26-28H,4-14H2,1-3H3,(H,25,31). The van der Waals surface area contributed by atoms with Crippen LogP contribution in [-0.4, -0.2) is 80.4 Å². The highest BCUT2D eigenvalue weighted by molar-refractivity contribution is 5.78. The van der Waals surface area contributed by atoms with E-state index in [-0.39, 0.29) is 36.0 Å². The molecule has 0 spiro atoms. The zero-order chi connectivity index (χ0) is 22.7. The molecule has 2 heterocycles. The van der Waals surface area contributed by atoms with Crippen LogP contribution in [-0.2, 0) is 14.3 Å². The number of carbonyl (C=O) groups is 2. The summed E-state index contributed by atoms with van der Waals surface area (Å²) >= 11 is 0. The Kier molecular flexibility index (Phi) is 8.08. The van der Waals surface area contributed by atoms with E-state index in [0.29, 0.717) is 24.0 Å². The molecule has 8 heteroatoms. The lowest BCUT2D eigenvalue weighted by Crippen LogP contribution is -2.61. The first-order chi connectivity index (χ1) is 15.5. The molecule has 32 heavy (non-hydrogen) atoms. The Hall–Kier alpha value is -1.22. The molecular weight excluding hydrogens is 406 g/mol. The molecule has 2 amide bonds. The van der Waals surface area contributed by atoms with Crippen molar-refractivity contribution in [3.05, 3.63) is 0 Å². The van der Waals surface area contributed by atoms with E-state index >= 15 is 0 Å². The number of rotatable bonds is 6. The number of likely N-dealkylation sites (tertiary alicyclic amines) is 1. The third kappa shape index (κ3) is 5.29. The first kappa shape index (κ1) is 23.9. The molecule has 2 aliphatic heterocycles. The number of ether oxygens (including phenoxy) is 1. The van der Waals surface area contributed by atoms with Crippen LogP contribution in [0.3, 0.4) is 0 Å². The topological polar surface area (TPSA) is 94.7 Å². The molecule has 4 fully saturated rings. The van der Waals surface area contributed by atoms with E-state index in [1.54, 1.807) is 21.1 Å². The number of methoxy groups -OCH3 is 1. The zero-order valence-electron chi connectivity index (χ0n) is 20.1. The molecule has 8 nitrogen and oxygen atoms in total. The van der Waals surface area contributed by atoms with Crippen molar-refractivity contribution >= 4 is 11.8 Å². The van der Waals surface area contributed by atoms with Crippen LogP contribution in [0.15, 0.2) is 0 Å². The lowest BCUT2D eigenvalue weighted by atomic mass is 9.80. The number of fused-ring (bicyclic) bond motifs is 1. The third-order valence-corrected chi connectivity index (χ3v) is 8.47. The third-order valence-electron chi connectivity index (χ3n) is 8.47. The average molecular weight is 450 g/mol. The highest BCUT2D eigenvalue weighted by Gasteiger charge is 2.43. The number of nitrogens with one attached hydrogen (secondary N) is 4. The molecule has 0 aromatic heterocycles. The van der Waals surface area contributed by atoms with Crippen LogP contribution in [0.2, 0.25) is 0 Å². The maximum atomic E-state index is 12.2. The Balaban J connectivity index is 1.31. The molecule has 2 saturated carbocycles. The van der Waals surface area contributed by atoms with Gasteiger partial charge in [-0.05, 0) is 63.8 Å². The second-order valence-electron chi connectivity index (χ2n) is 10.4. The number of nitrogens with zero attached hydrogens (tertiary/aromatic N) is 1. The van der Waals surface area contributed by atoms with Gasteiger partial charge in [-0.15, -0.1) is 0 Å². The molecule has 2 saturated heterocycles. The highest BCUT2D eigenvalue weighted by atomic mass is 16.5. The van der Waals surface area contributed by atoms with E-state index in [1.807, 2.05) is 0 Å². The first-order valence-corrected chi connectivity index (χ1v) is 12.8. The van der Waals surface area contributed by atoms with Gasteiger partial charge in [0.05, 0.1) is 12.3 Å². The molecule has 2 aliphatic carbocycles. The van der Waals surface area contributed by atoms with E-state index in [2.05, 4.69) is 26.2 Å². The molecule has 182 valence electrons. The molecule has 0 radical (unpaired) electrons. The van der Waals surface area contributed by atoms with Gasteiger partial charge < -0.3 is 25.6 Å². The van der Waals surface area contributed by atoms with Gasteiger partial charge in [0.1, 0.15) is 0 Å². The molecule has 0 aromatic carbocycles. The second kappa shape index (κ2) is 10.8. The minimum absolute atomic E-state index is 0.0478. The van der Waals surface area contributed by atoms with E-state index in [9.17, 15) is 9.59 Å². The van der Waals surface area contributed by atoms with Crippen molar-refractivity contribution in [1.82, 2.24) is 26.2 Å². The fraction of sp³-hybridized carbons (Fsp3) is 0.917. The van der Waals surface area contributed by atoms with Gasteiger partial charge >= 0.3 is 0 Å². The molecule has 8 atom stereocenters. The number of piperidine rings is 1. The predicted octanol–water partition coefficient (Wildman–Crippen LogP) is 0.963. The zero-order valence-corrected chi connectivity index (χ0v) is 20.1. The van der Waals surface area contributed by atoms with Crippen molar-refractivity contribution in [1.29, 1.82) is 0 Å². The molecule has 8 unspecified atom stereocenters. The Morgan fingerprint density at radius 2 is 1.84 bits per heavy atom. The predicted molar refractivity (Wildman–Crippen MR) is 124 cm³/mol. The molecule has 4 N–H and O–H groups in total. The van der Waals surface area contributed by atoms with Crippen LogP contribution in [0, 0.1) is 11.8 Å². The van der Waals surface area contributed by atoms with Crippen molar-refractivity contribution in [2.24, 2.45) is 11.8 Å². The lowest BCUT2D eigenvalue weighted by molar-refractivity contribution is -0.131. The summed E-state index contributed by atoms with van der Waals surface area (Å²) in [5, 5.41) is 14.2. The summed E-state index contributed by atoms with van der Waals surface area (Å²) in [7, 11) is 3.47. The maximum absolute atomic E-state index is 12.2. The summed E-state index contributed by atoms with van der Waals surface area (Å²) in [5.41, 5.74) is 0. The van der Waals surface area contributed by atoms with E-state index in [0.717, 1.165) is 51.6 Å². The van der Waals surface area contributed by atoms with Crippen LogP contribution in [0.1, 0.15) is 64.7 Å². The maximum Gasteiger partial charge on any atom is 0.222 e. The Morgan fingerprint density at radius 3 is 2.59 bits per heavy atom. The number of carbonyl (C=O) groups excluding carboxylic acids is 2. The summed E-state index contributed by atoms with van der Waals surface area (Å²) in [6, 6.07) is 1.51. The van der Waals surface area contributed by atoms with Gasteiger partial charge in [0, 0.05) is 57.7 Å². The van der Waals surface area contributed by atoms with Gasteiger partial charge in [0.25, 0.3) is 0 Å². The minimum atomic E-state index is 0.0478. The molecule has 0 aromatic rings. The van der Waals surface area contributed by atoms with Gasteiger partial charge in [-0.2, -0.15) is 0 Å². The number of amides is 2. The van der Waals surface area contributed by atoms with E-state index < -0.39 is 0 Å². The van der Waals surface area contributed by atoms with Crippen molar-refractivity contribution in [2.75, 3.05) is 27.2 Å². The first-order valence-electron chi connectivity index (χ1n) is 12.8. The summed E-state index contributed by atoms with van der Waals surface area (Å²) in [6.07, 6.45) is 9.93. The van der Waals surface area contributed by atoms with Crippen molar-refractivity contribution in [2.45, 2.75) is 101 Å². The molecule has 4 aliphatic rings. The summed E-state index contributed by atoms with van der Waals surface area (Å²) in [4.78, 5) is 26.4. The van der Waals surface area contributed by atoms with Crippen LogP contribution in [0.25, 0.3) is 0 Å². The fourth-order valence-corrected chi connectivity index (χ4v) is 6.84. The molecule has 0 bridgehead atoms. The summed E-state index contributed by atoms with van der Waals surface area (Å²) in [6.45, 7) is 3.64. The van der Waals surface area contributed by atoms with E-state index in [1.165, 1.54) is 19.3 Å². The largest absolute Gasteiger partial charge is 0.380 e. The van der Waals surface area contributed by atoms with Crippen LogP contribution >= 0.6 is 0 Å². The van der Waals surface area contributed by atoms with Gasteiger partial charge in [0.15, 0.2) is 0 Å². The van der Waals surface area contributed by atoms with Crippen molar-refractivity contribution < 1.29 is 14.3 Å². The Labute approximate surface area is 193 Å². The Morgan fingerprint density at radius 1 is 1.00 bits per heavy atom. The lowest BCUT2D eigenvalue weighted by Gasteiger charge is -2.43. The summed E-state index contributed by atoms with van der Waals surface area (Å²) in [5.74, 6) is 1.07.